The maximum absolute atomic E-state index is 12.5. The van der Waals surface area contributed by atoms with Crippen LogP contribution in [-0.2, 0) is 16.6 Å². The van der Waals surface area contributed by atoms with Crippen LogP contribution in [0, 0.1) is 0 Å². The van der Waals surface area contributed by atoms with Gasteiger partial charge in [-0.1, -0.05) is 11.6 Å². The third-order valence-electron chi connectivity index (χ3n) is 3.79. The molecule has 0 bridgehead atoms. The van der Waals surface area contributed by atoms with Crippen molar-refractivity contribution in [1.82, 2.24) is 9.62 Å². The van der Waals surface area contributed by atoms with Crippen molar-refractivity contribution in [1.29, 1.82) is 0 Å². The van der Waals surface area contributed by atoms with Crippen LogP contribution in [0.2, 0.25) is 0 Å². The molecule has 3 rings (SSSR count). The average Bonchev–Trinajstić information content (AvgIpc) is 3.13. The lowest BCUT2D eigenvalue weighted by atomic mass is 10.1. The summed E-state index contributed by atoms with van der Waals surface area (Å²) < 4.78 is 27.1. The van der Waals surface area contributed by atoms with E-state index in [-0.39, 0.29) is 0 Å². The van der Waals surface area contributed by atoms with Gasteiger partial charge in [0.1, 0.15) is 4.21 Å². The Morgan fingerprint density at radius 2 is 2.25 bits per heavy atom. The molecule has 2 heterocycles. The van der Waals surface area contributed by atoms with Crippen molar-refractivity contribution in [3.63, 3.8) is 0 Å². The van der Waals surface area contributed by atoms with Crippen LogP contribution in [0.3, 0.4) is 0 Å². The molecule has 1 aromatic heterocycles. The molecule has 0 spiro atoms. The molecular formula is C14H20N2O2S2. The molecule has 0 radical (unpaired) electrons. The maximum atomic E-state index is 12.5. The summed E-state index contributed by atoms with van der Waals surface area (Å²) >= 11 is 1.33. The zero-order chi connectivity index (χ0) is 14.2. The van der Waals surface area contributed by atoms with E-state index in [0.717, 1.165) is 18.5 Å². The SMILES string of the molecule is CC1=CCN(S(=O)(=O)c2cc(CNC3CC3)cs2)CC1. The second-order valence-corrected chi connectivity index (χ2v) is 8.67. The molecule has 20 heavy (non-hydrogen) atoms. The second kappa shape index (κ2) is 5.60. The van der Waals surface area contributed by atoms with Crippen molar-refractivity contribution in [3.05, 3.63) is 28.7 Å². The smallest absolute Gasteiger partial charge is 0.252 e. The highest BCUT2D eigenvalue weighted by Crippen LogP contribution is 2.27. The fraction of sp³-hybridized carbons (Fsp3) is 0.571. The van der Waals surface area contributed by atoms with E-state index < -0.39 is 10.0 Å². The lowest BCUT2D eigenvalue weighted by Gasteiger charge is -2.23. The quantitative estimate of drug-likeness (QED) is 0.849. The number of nitrogens with zero attached hydrogens (tertiary/aromatic N) is 1. The lowest BCUT2D eigenvalue weighted by Crippen LogP contribution is -2.34. The summed E-state index contributed by atoms with van der Waals surface area (Å²) in [5, 5.41) is 5.36. The van der Waals surface area contributed by atoms with Gasteiger partial charge in [0.15, 0.2) is 0 Å². The van der Waals surface area contributed by atoms with E-state index in [2.05, 4.69) is 12.2 Å². The van der Waals surface area contributed by atoms with E-state index in [0.29, 0.717) is 23.3 Å². The van der Waals surface area contributed by atoms with Crippen molar-refractivity contribution in [2.45, 2.75) is 43.0 Å². The van der Waals surface area contributed by atoms with E-state index in [1.54, 1.807) is 4.31 Å². The molecule has 2 aliphatic rings. The molecule has 4 nitrogen and oxygen atoms in total. The van der Waals surface area contributed by atoms with Gasteiger partial charge in [0, 0.05) is 25.7 Å². The minimum Gasteiger partial charge on any atom is -0.310 e. The first-order valence-corrected chi connectivity index (χ1v) is 9.34. The Hall–Kier alpha value is -0.690. The molecule has 0 atom stereocenters. The predicted octanol–water partition coefficient (Wildman–Crippen LogP) is 2.34. The molecule has 0 saturated heterocycles. The van der Waals surface area contributed by atoms with Crippen LogP contribution in [-0.4, -0.2) is 31.9 Å². The third-order valence-corrected chi connectivity index (χ3v) is 7.12. The van der Waals surface area contributed by atoms with Crippen molar-refractivity contribution in [2.24, 2.45) is 0 Å². The Kier molecular flexibility index (Phi) is 3.99. The number of sulfonamides is 1. The number of rotatable bonds is 5. The van der Waals surface area contributed by atoms with Crippen LogP contribution in [0.15, 0.2) is 27.3 Å². The van der Waals surface area contributed by atoms with Crippen LogP contribution in [0.4, 0.5) is 0 Å². The van der Waals surface area contributed by atoms with E-state index in [1.165, 1.54) is 29.8 Å². The Morgan fingerprint density at radius 3 is 2.90 bits per heavy atom. The maximum Gasteiger partial charge on any atom is 0.252 e. The van der Waals surface area contributed by atoms with E-state index in [9.17, 15) is 8.42 Å². The summed E-state index contributed by atoms with van der Waals surface area (Å²) in [5.41, 5.74) is 2.35. The normalized spacial score (nSPS) is 20.9. The summed E-state index contributed by atoms with van der Waals surface area (Å²) in [6.07, 6.45) is 5.33. The molecule has 1 aliphatic heterocycles. The van der Waals surface area contributed by atoms with Crippen molar-refractivity contribution >= 4 is 21.4 Å². The number of hydrogen-bond donors (Lipinski definition) is 1. The van der Waals surface area contributed by atoms with E-state index in [1.807, 2.05) is 17.5 Å². The van der Waals surface area contributed by atoms with Gasteiger partial charge in [-0.05, 0) is 43.2 Å². The first-order valence-electron chi connectivity index (χ1n) is 7.02. The highest BCUT2D eigenvalue weighted by Gasteiger charge is 2.27. The first-order chi connectivity index (χ1) is 9.55. The van der Waals surface area contributed by atoms with Gasteiger partial charge in [-0.2, -0.15) is 4.31 Å². The lowest BCUT2D eigenvalue weighted by molar-refractivity contribution is 0.432. The molecule has 6 heteroatoms. The minimum absolute atomic E-state index is 0.470. The van der Waals surface area contributed by atoms with Gasteiger partial charge in [0.2, 0.25) is 0 Å². The van der Waals surface area contributed by atoms with Gasteiger partial charge in [-0.15, -0.1) is 11.3 Å². The van der Waals surface area contributed by atoms with Crippen LogP contribution in [0.5, 0.6) is 0 Å². The molecule has 1 aromatic rings. The molecule has 0 amide bonds. The zero-order valence-corrected chi connectivity index (χ0v) is 13.3. The highest BCUT2D eigenvalue weighted by atomic mass is 32.2. The van der Waals surface area contributed by atoms with E-state index >= 15 is 0 Å². The summed E-state index contributed by atoms with van der Waals surface area (Å²) in [6, 6.07) is 2.46. The Labute approximate surface area is 124 Å². The van der Waals surface area contributed by atoms with Gasteiger partial charge in [-0.3, -0.25) is 0 Å². The molecule has 0 aromatic carbocycles. The first kappa shape index (κ1) is 14.3. The van der Waals surface area contributed by atoms with Crippen molar-refractivity contribution in [3.8, 4) is 0 Å². The highest BCUT2D eigenvalue weighted by molar-refractivity contribution is 7.91. The third kappa shape index (κ3) is 3.14. The second-order valence-electron chi connectivity index (χ2n) is 5.59. The van der Waals surface area contributed by atoms with Crippen LogP contribution >= 0.6 is 11.3 Å². The predicted molar refractivity (Wildman–Crippen MR) is 81.3 cm³/mol. The number of hydrogen-bond acceptors (Lipinski definition) is 4. The van der Waals surface area contributed by atoms with E-state index in [4.69, 9.17) is 0 Å². The van der Waals surface area contributed by atoms with Crippen molar-refractivity contribution < 1.29 is 8.42 Å². The standard InChI is InChI=1S/C14H20N2O2S2/c1-11-4-6-16(7-5-11)20(17,18)14-8-12(10-19-14)9-15-13-2-3-13/h4,8,10,13,15H,2-3,5-7,9H2,1H3. The molecule has 0 unspecified atom stereocenters. The Bertz CT molecular complexity index is 615. The summed E-state index contributed by atoms with van der Waals surface area (Å²) in [6.45, 7) is 3.92. The fourth-order valence-electron chi connectivity index (χ4n) is 2.23. The summed E-state index contributed by atoms with van der Waals surface area (Å²) in [4.78, 5) is 0. The zero-order valence-electron chi connectivity index (χ0n) is 11.6. The number of thiophene rings is 1. The molecular weight excluding hydrogens is 292 g/mol. The van der Waals surface area contributed by atoms with Gasteiger partial charge in [-0.25, -0.2) is 8.42 Å². The fourth-order valence-corrected chi connectivity index (χ4v) is 4.97. The van der Waals surface area contributed by atoms with Gasteiger partial charge in [0.25, 0.3) is 10.0 Å². The minimum atomic E-state index is -3.31. The molecule has 1 aliphatic carbocycles. The van der Waals surface area contributed by atoms with Crippen LogP contribution < -0.4 is 5.32 Å². The van der Waals surface area contributed by atoms with Gasteiger partial charge < -0.3 is 5.32 Å². The molecule has 1 N–H and O–H groups in total. The topological polar surface area (TPSA) is 49.4 Å². The Balaban J connectivity index is 1.70. The van der Waals surface area contributed by atoms with Gasteiger partial charge >= 0.3 is 0 Å². The van der Waals surface area contributed by atoms with Crippen LogP contribution in [0.1, 0.15) is 31.7 Å². The summed E-state index contributed by atoms with van der Waals surface area (Å²) in [5.74, 6) is 0. The largest absolute Gasteiger partial charge is 0.310 e. The molecule has 1 saturated carbocycles. The van der Waals surface area contributed by atoms with Gasteiger partial charge in [0.05, 0.1) is 0 Å². The van der Waals surface area contributed by atoms with Crippen LogP contribution in [0.25, 0.3) is 0 Å². The Morgan fingerprint density at radius 1 is 1.45 bits per heavy atom. The average molecular weight is 312 g/mol. The number of nitrogens with one attached hydrogen (secondary N) is 1. The molecule has 110 valence electrons. The monoisotopic (exact) mass is 312 g/mol. The molecule has 1 fully saturated rings. The summed E-state index contributed by atoms with van der Waals surface area (Å²) in [7, 11) is -3.31. The van der Waals surface area contributed by atoms with Crippen molar-refractivity contribution in [2.75, 3.05) is 13.1 Å².